The van der Waals surface area contributed by atoms with E-state index in [1.165, 1.54) is 18.4 Å². The normalized spacial score (nSPS) is 10.3. The number of amides is 1. The van der Waals surface area contributed by atoms with Crippen LogP contribution in [0.4, 0.5) is 5.69 Å². The summed E-state index contributed by atoms with van der Waals surface area (Å²) in [5.41, 5.74) is 3.62. The summed E-state index contributed by atoms with van der Waals surface area (Å²) in [6.07, 6.45) is 4.50. The fourth-order valence-electron chi connectivity index (χ4n) is 2.77. The van der Waals surface area contributed by atoms with Crippen molar-refractivity contribution in [1.29, 1.82) is 0 Å². The Balaban J connectivity index is 1.95. The van der Waals surface area contributed by atoms with Crippen molar-refractivity contribution in [2.75, 3.05) is 11.9 Å². The minimum Gasteiger partial charge on any atom is -0.493 e. The molecule has 0 radical (unpaired) electrons. The van der Waals surface area contributed by atoms with E-state index in [-0.39, 0.29) is 11.0 Å². The zero-order valence-electron chi connectivity index (χ0n) is 16.3. The molecular weight excluding hydrogens is 356 g/mol. The van der Waals surface area contributed by atoms with Crippen molar-refractivity contribution in [2.45, 2.75) is 46.5 Å². The largest absolute Gasteiger partial charge is 0.493 e. The van der Waals surface area contributed by atoms with Crippen LogP contribution in [0.15, 0.2) is 42.5 Å². The van der Waals surface area contributed by atoms with Crippen molar-refractivity contribution in [3.05, 3.63) is 59.2 Å². The lowest BCUT2D eigenvalue weighted by atomic mass is 10.1. The molecule has 0 atom stereocenters. The van der Waals surface area contributed by atoms with E-state index in [0.29, 0.717) is 17.9 Å². The topological polar surface area (TPSA) is 50.4 Å². The van der Waals surface area contributed by atoms with Crippen molar-refractivity contribution < 1.29 is 9.53 Å². The molecule has 0 heterocycles. The van der Waals surface area contributed by atoms with Crippen LogP contribution in [0.1, 0.15) is 54.1 Å². The molecule has 27 heavy (non-hydrogen) atoms. The Morgan fingerprint density at radius 2 is 1.85 bits per heavy atom. The standard InChI is InChI=1S/C22H28N2O2S/c1-4-5-6-9-14-26-20-11-8-7-10-18(20)21(25)24-22(27)23-19-13-12-16(2)15-17(19)3/h7-8,10-13,15H,4-6,9,14H2,1-3H3,(H2,23,24,25,27). The van der Waals surface area contributed by atoms with Crippen LogP contribution in [0.2, 0.25) is 0 Å². The molecule has 0 spiro atoms. The number of ether oxygens (including phenoxy) is 1. The number of nitrogens with one attached hydrogen (secondary N) is 2. The number of para-hydroxylation sites is 1. The predicted molar refractivity (Wildman–Crippen MR) is 116 cm³/mol. The van der Waals surface area contributed by atoms with Gasteiger partial charge in [-0.3, -0.25) is 10.1 Å². The fraction of sp³-hybridized carbons (Fsp3) is 0.364. The Morgan fingerprint density at radius 3 is 2.59 bits per heavy atom. The van der Waals surface area contributed by atoms with Gasteiger partial charge in [0.05, 0.1) is 12.2 Å². The molecule has 0 saturated heterocycles. The van der Waals surface area contributed by atoms with E-state index in [0.717, 1.165) is 24.1 Å². The summed E-state index contributed by atoms with van der Waals surface area (Å²) in [5, 5.41) is 6.09. The highest BCUT2D eigenvalue weighted by Crippen LogP contribution is 2.19. The van der Waals surface area contributed by atoms with Crippen LogP contribution < -0.4 is 15.4 Å². The number of benzene rings is 2. The van der Waals surface area contributed by atoms with Crippen molar-refractivity contribution in [3.8, 4) is 5.75 Å². The average molecular weight is 385 g/mol. The smallest absolute Gasteiger partial charge is 0.261 e. The maximum Gasteiger partial charge on any atom is 0.261 e. The maximum atomic E-state index is 12.6. The van der Waals surface area contributed by atoms with Crippen molar-refractivity contribution in [2.24, 2.45) is 0 Å². The van der Waals surface area contributed by atoms with Gasteiger partial charge in [-0.05, 0) is 56.2 Å². The summed E-state index contributed by atoms with van der Waals surface area (Å²) in [6, 6.07) is 13.3. The Bertz CT molecular complexity index is 790. The van der Waals surface area contributed by atoms with Gasteiger partial charge in [-0.15, -0.1) is 0 Å². The van der Waals surface area contributed by atoms with Gasteiger partial charge < -0.3 is 10.1 Å². The lowest BCUT2D eigenvalue weighted by molar-refractivity contribution is 0.0973. The summed E-state index contributed by atoms with van der Waals surface area (Å²) >= 11 is 5.30. The van der Waals surface area contributed by atoms with E-state index in [2.05, 4.69) is 23.6 Å². The van der Waals surface area contributed by atoms with Gasteiger partial charge in [0.1, 0.15) is 5.75 Å². The highest BCUT2D eigenvalue weighted by atomic mass is 32.1. The Hall–Kier alpha value is -2.40. The molecule has 0 aliphatic heterocycles. The van der Waals surface area contributed by atoms with Crippen LogP contribution in [-0.4, -0.2) is 17.6 Å². The van der Waals surface area contributed by atoms with Crippen LogP contribution in [-0.2, 0) is 0 Å². The van der Waals surface area contributed by atoms with E-state index in [1.807, 2.05) is 44.2 Å². The predicted octanol–water partition coefficient (Wildman–Crippen LogP) is 5.39. The number of anilines is 1. The zero-order valence-corrected chi connectivity index (χ0v) is 17.1. The van der Waals surface area contributed by atoms with Gasteiger partial charge in [-0.1, -0.05) is 56.0 Å². The van der Waals surface area contributed by atoms with Gasteiger partial charge in [0.25, 0.3) is 5.91 Å². The SMILES string of the molecule is CCCCCCOc1ccccc1C(=O)NC(=S)Nc1ccc(C)cc1C. The summed E-state index contributed by atoms with van der Waals surface area (Å²) in [5.74, 6) is 0.308. The van der Waals surface area contributed by atoms with E-state index in [9.17, 15) is 4.79 Å². The first-order valence-corrected chi connectivity index (χ1v) is 9.83. The van der Waals surface area contributed by atoms with E-state index >= 15 is 0 Å². The Labute approximate surface area is 167 Å². The zero-order chi connectivity index (χ0) is 19.6. The molecule has 0 saturated carbocycles. The average Bonchev–Trinajstić information content (AvgIpc) is 2.64. The molecule has 144 valence electrons. The van der Waals surface area contributed by atoms with E-state index < -0.39 is 0 Å². The van der Waals surface area contributed by atoms with Crippen LogP contribution >= 0.6 is 12.2 Å². The lowest BCUT2D eigenvalue weighted by Gasteiger charge is -2.14. The number of hydrogen-bond acceptors (Lipinski definition) is 3. The second-order valence-corrected chi connectivity index (χ2v) is 7.04. The molecule has 0 bridgehead atoms. The Kier molecular flexibility index (Phi) is 8.27. The quantitative estimate of drug-likeness (QED) is 0.473. The molecule has 0 fully saturated rings. The number of rotatable bonds is 8. The monoisotopic (exact) mass is 384 g/mol. The summed E-state index contributed by atoms with van der Waals surface area (Å²) in [7, 11) is 0. The van der Waals surface area contributed by atoms with E-state index in [1.54, 1.807) is 6.07 Å². The first-order chi connectivity index (χ1) is 13.0. The first-order valence-electron chi connectivity index (χ1n) is 9.42. The molecule has 2 N–H and O–H groups in total. The van der Waals surface area contributed by atoms with Crippen LogP contribution in [0, 0.1) is 13.8 Å². The second-order valence-electron chi connectivity index (χ2n) is 6.63. The van der Waals surface area contributed by atoms with Crippen molar-refractivity contribution >= 4 is 28.9 Å². The van der Waals surface area contributed by atoms with Gasteiger partial charge in [-0.25, -0.2) is 0 Å². The molecule has 0 aliphatic rings. The van der Waals surface area contributed by atoms with E-state index in [4.69, 9.17) is 17.0 Å². The van der Waals surface area contributed by atoms with Crippen molar-refractivity contribution in [3.63, 3.8) is 0 Å². The number of unbranched alkanes of at least 4 members (excludes halogenated alkanes) is 3. The first kappa shape index (κ1) is 20.9. The number of thiocarbonyl (C=S) groups is 1. The van der Waals surface area contributed by atoms with Crippen LogP contribution in [0.25, 0.3) is 0 Å². The summed E-state index contributed by atoms with van der Waals surface area (Å²) in [4.78, 5) is 12.6. The highest BCUT2D eigenvalue weighted by molar-refractivity contribution is 7.80. The molecule has 1 amide bonds. The number of hydrogen-bond donors (Lipinski definition) is 2. The number of carbonyl (C=O) groups is 1. The molecule has 2 aromatic rings. The van der Waals surface area contributed by atoms with Gasteiger partial charge in [0.2, 0.25) is 0 Å². The van der Waals surface area contributed by atoms with Gasteiger partial charge in [0, 0.05) is 5.69 Å². The maximum absolute atomic E-state index is 12.6. The minimum atomic E-state index is -0.276. The third kappa shape index (κ3) is 6.68. The molecular formula is C22H28N2O2S. The molecule has 0 aliphatic carbocycles. The van der Waals surface area contributed by atoms with Gasteiger partial charge in [-0.2, -0.15) is 0 Å². The number of carbonyl (C=O) groups excluding carboxylic acids is 1. The lowest BCUT2D eigenvalue weighted by Crippen LogP contribution is -2.34. The molecule has 0 unspecified atom stereocenters. The van der Waals surface area contributed by atoms with Crippen LogP contribution in [0.5, 0.6) is 5.75 Å². The molecule has 4 nitrogen and oxygen atoms in total. The third-order valence-electron chi connectivity index (χ3n) is 4.24. The number of aryl methyl sites for hydroxylation is 2. The fourth-order valence-corrected chi connectivity index (χ4v) is 2.97. The molecule has 2 aromatic carbocycles. The van der Waals surface area contributed by atoms with Gasteiger partial charge >= 0.3 is 0 Å². The highest BCUT2D eigenvalue weighted by Gasteiger charge is 2.14. The minimum absolute atomic E-state index is 0.268. The van der Waals surface area contributed by atoms with Gasteiger partial charge in [0.15, 0.2) is 5.11 Å². The second kappa shape index (κ2) is 10.7. The summed E-state index contributed by atoms with van der Waals surface area (Å²) in [6.45, 7) is 6.82. The third-order valence-corrected chi connectivity index (χ3v) is 4.45. The summed E-state index contributed by atoms with van der Waals surface area (Å²) < 4.78 is 5.81. The molecule has 2 rings (SSSR count). The van der Waals surface area contributed by atoms with Crippen molar-refractivity contribution in [1.82, 2.24) is 5.32 Å². The van der Waals surface area contributed by atoms with Crippen LogP contribution in [0.3, 0.4) is 0 Å². The molecule has 5 heteroatoms. The Morgan fingerprint density at radius 1 is 1.07 bits per heavy atom. The molecule has 0 aromatic heterocycles.